The third-order valence-corrected chi connectivity index (χ3v) is 3.43. The zero-order valence-electron chi connectivity index (χ0n) is 11.7. The minimum Gasteiger partial charge on any atom is -0.496 e. The third-order valence-electron chi connectivity index (χ3n) is 3.43. The van der Waals surface area contributed by atoms with E-state index in [0.29, 0.717) is 17.0 Å². The standard InChI is InChI=1S/C14H17NO5/c1-15-10-4-9(7-13(17)20-3)12(19-2)6-8(10)5-11(16)14(15)18/h4,6,11,16H,5,7H2,1-3H3. The molecule has 0 aromatic heterocycles. The van der Waals surface area contributed by atoms with Crippen molar-refractivity contribution in [3.63, 3.8) is 0 Å². The molecule has 108 valence electrons. The fourth-order valence-electron chi connectivity index (χ4n) is 2.32. The summed E-state index contributed by atoms with van der Waals surface area (Å²) in [7, 11) is 4.42. The van der Waals surface area contributed by atoms with Gasteiger partial charge in [-0.15, -0.1) is 0 Å². The van der Waals surface area contributed by atoms with Crippen LogP contribution in [-0.4, -0.2) is 44.4 Å². The first-order valence-corrected chi connectivity index (χ1v) is 6.20. The molecular weight excluding hydrogens is 262 g/mol. The molecule has 0 spiro atoms. The Kier molecular flexibility index (Phi) is 3.94. The van der Waals surface area contributed by atoms with Gasteiger partial charge >= 0.3 is 5.97 Å². The molecule has 1 atom stereocenters. The topological polar surface area (TPSA) is 76.1 Å². The molecule has 0 radical (unpaired) electrons. The smallest absolute Gasteiger partial charge is 0.310 e. The number of fused-ring (bicyclic) bond motifs is 1. The summed E-state index contributed by atoms with van der Waals surface area (Å²) in [6.45, 7) is 0. The average molecular weight is 279 g/mol. The van der Waals surface area contributed by atoms with Gasteiger partial charge in [-0.3, -0.25) is 9.59 Å². The lowest BCUT2D eigenvalue weighted by molar-refractivity contribution is -0.139. The minimum atomic E-state index is -1.04. The van der Waals surface area contributed by atoms with Gasteiger partial charge in [0, 0.05) is 24.7 Å². The number of hydrogen-bond acceptors (Lipinski definition) is 5. The maximum atomic E-state index is 11.8. The van der Waals surface area contributed by atoms with Crippen LogP contribution in [0.1, 0.15) is 11.1 Å². The zero-order chi connectivity index (χ0) is 14.9. The number of esters is 1. The molecule has 1 aromatic rings. The number of carbonyl (C=O) groups is 2. The Labute approximate surface area is 116 Å². The van der Waals surface area contributed by atoms with Gasteiger partial charge in [0.15, 0.2) is 0 Å². The quantitative estimate of drug-likeness (QED) is 0.805. The Morgan fingerprint density at radius 1 is 1.45 bits per heavy atom. The molecule has 6 heteroatoms. The molecule has 1 N–H and O–H groups in total. The van der Waals surface area contributed by atoms with Crippen LogP contribution in [0.25, 0.3) is 0 Å². The Morgan fingerprint density at radius 3 is 2.75 bits per heavy atom. The van der Waals surface area contributed by atoms with Crippen molar-refractivity contribution < 1.29 is 24.2 Å². The molecule has 0 bridgehead atoms. The van der Waals surface area contributed by atoms with Crippen LogP contribution in [0.5, 0.6) is 5.75 Å². The highest BCUT2D eigenvalue weighted by atomic mass is 16.5. The van der Waals surface area contributed by atoms with E-state index in [0.717, 1.165) is 5.56 Å². The molecule has 0 aliphatic carbocycles. The van der Waals surface area contributed by atoms with Crippen LogP contribution in [0.15, 0.2) is 12.1 Å². The highest BCUT2D eigenvalue weighted by Gasteiger charge is 2.30. The van der Waals surface area contributed by atoms with Gasteiger partial charge in [-0.25, -0.2) is 0 Å². The highest BCUT2D eigenvalue weighted by molar-refractivity contribution is 5.99. The van der Waals surface area contributed by atoms with E-state index < -0.39 is 6.10 Å². The molecule has 1 aromatic carbocycles. The number of ether oxygens (including phenoxy) is 2. The monoisotopic (exact) mass is 279 g/mol. The van der Waals surface area contributed by atoms with E-state index in [2.05, 4.69) is 4.74 Å². The van der Waals surface area contributed by atoms with E-state index in [-0.39, 0.29) is 24.7 Å². The SMILES string of the molecule is COC(=O)Cc1cc2c(cc1OC)CC(O)C(=O)N2C. The van der Waals surface area contributed by atoms with Crippen molar-refractivity contribution in [2.45, 2.75) is 18.9 Å². The summed E-state index contributed by atoms with van der Waals surface area (Å²) < 4.78 is 9.91. The fourth-order valence-corrected chi connectivity index (χ4v) is 2.32. The lowest BCUT2D eigenvalue weighted by Gasteiger charge is -2.30. The van der Waals surface area contributed by atoms with Gasteiger partial charge in [0.25, 0.3) is 5.91 Å². The van der Waals surface area contributed by atoms with Crippen LogP contribution in [0.2, 0.25) is 0 Å². The van der Waals surface area contributed by atoms with E-state index in [1.54, 1.807) is 19.2 Å². The van der Waals surface area contributed by atoms with E-state index >= 15 is 0 Å². The van der Waals surface area contributed by atoms with E-state index in [4.69, 9.17) is 4.74 Å². The predicted octanol–water partition coefficient (Wildman–Crippen LogP) is 0.290. The van der Waals surface area contributed by atoms with Crippen molar-refractivity contribution in [2.75, 3.05) is 26.2 Å². The summed E-state index contributed by atoms with van der Waals surface area (Å²) in [6, 6.07) is 3.48. The zero-order valence-corrected chi connectivity index (χ0v) is 11.7. The second-order valence-electron chi connectivity index (χ2n) is 4.66. The molecule has 6 nitrogen and oxygen atoms in total. The first-order chi connectivity index (χ1) is 9.47. The number of amides is 1. The van der Waals surface area contributed by atoms with Crippen LogP contribution in [0.3, 0.4) is 0 Å². The Bertz CT molecular complexity index is 555. The number of likely N-dealkylation sites (N-methyl/N-ethyl adjacent to an activating group) is 1. The summed E-state index contributed by atoms with van der Waals surface area (Å²) in [4.78, 5) is 24.6. The van der Waals surface area contributed by atoms with Gasteiger partial charge in [0.2, 0.25) is 0 Å². The molecule has 0 saturated heterocycles. The summed E-state index contributed by atoms with van der Waals surface area (Å²) in [5, 5.41) is 9.71. The van der Waals surface area contributed by atoms with Gasteiger partial charge < -0.3 is 19.5 Å². The Morgan fingerprint density at radius 2 is 2.15 bits per heavy atom. The fraction of sp³-hybridized carbons (Fsp3) is 0.429. The van der Waals surface area contributed by atoms with Crippen molar-refractivity contribution in [2.24, 2.45) is 0 Å². The molecule has 0 saturated carbocycles. The molecule has 0 fully saturated rings. The number of aliphatic hydroxyl groups excluding tert-OH is 1. The first kappa shape index (κ1) is 14.3. The molecule has 1 aliphatic heterocycles. The van der Waals surface area contributed by atoms with Crippen LogP contribution in [0, 0.1) is 0 Å². The maximum absolute atomic E-state index is 11.8. The number of benzene rings is 1. The molecule has 1 aliphatic rings. The van der Waals surface area contributed by atoms with E-state index in [9.17, 15) is 14.7 Å². The van der Waals surface area contributed by atoms with Gasteiger partial charge in [-0.05, 0) is 17.7 Å². The Hall–Kier alpha value is -2.08. The molecular formula is C14H17NO5. The summed E-state index contributed by atoms with van der Waals surface area (Å²) in [5.74, 6) is -0.191. The van der Waals surface area contributed by atoms with Crippen molar-refractivity contribution in [1.29, 1.82) is 0 Å². The minimum absolute atomic E-state index is 0.0670. The van der Waals surface area contributed by atoms with E-state index in [1.807, 2.05) is 0 Å². The van der Waals surface area contributed by atoms with Crippen LogP contribution >= 0.6 is 0 Å². The number of rotatable bonds is 3. The number of carbonyl (C=O) groups excluding carboxylic acids is 2. The highest BCUT2D eigenvalue weighted by Crippen LogP contribution is 2.33. The van der Waals surface area contributed by atoms with Gasteiger partial charge in [-0.1, -0.05) is 0 Å². The number of anilines is 1. The second-order valence-corrected chi connectivity index (χ2v) is 4.66. The van der Waals surface area contributed by atoms with Crippen molar-refractivity contribution in [1.82, 2.24) is 0 Å². The number of aliphatic hydroxyl groups is 1. The van der Waals surface area contributed by atoms with Crippen molar-refractivity contribution >= 4 is 17.6 Å². The molecule has 2 rings (SSSR count). The molecule has 20 heavy (non-hydrogen) atoms. The number of hydrogen-bond donors (Lipinski definition) is 1. The number of nitrogens with zero attached hydrogens (tertiary/aromatic N) is 1. The molecule has 1 heterocycles. The second kappa shape index (κ2) is 5.50. The van der Waals surface area contributed by atoms with Gasteiger partial charge in [0.05, 0.1) is 20.6 Å². The van der Waals surface area contributed by atoms with E-state index in [1.165, 1.54) is 19.1 Å². The summed E-state index contributed by atoms with van der Waals surface area (Å²) in [5.41, 5.74) is 2.14. The predicted molar refractivity (Wildman–Crippen MR) is 71.8 cm³/mol. The maximum Gasteiger partial charge on any atom is 0.310 e. The largest absolute Gasteiger partial charge is 0.496 e. The van der Waals surface area contributed by atoms with Crippen LogP contribution in [0.4, 0.5) is 5.69 Å². The lowest BCUT2D eigenvalue weighted by Crippen LogP contribution is -2.42. The van der Waals surface area contributed by atoms with Crippen LogP contribution < -0.4 is 9.64 Å². The lowest BCUT2D eigenvalue weighted by atomic mass is 9.96. The Balaban J connectivity index is 2.46. The normalized spacial score (nSPS) is 17.7. The first-order valence-electron chi connectivity index (χ1n) is 6.20. The third kappa shape index (κ3) is 2.46. The van der Waals surface area contributed by atoms with Crippen LogP contribution in [-0.2, 0) is 27.2 Å². The summed E-state index contributed by atoms with van der Waals surface area (Å²) in [6.07, 6.45) is -0.728. The van der Waals surface area contributed by atoms with Crippen molar-refractivity contribution in [3.8, 4) is 5.75 Å². The summed E-state index contributed by atoms with van der Waals surface area (Å²) >= 11 is 0. The average Bonchev–Trinajstić information content (AvgIpc) is 2.45. The van der Waals surface area contributed by atoms with Crippen molar-refractivity contribution in [3.05, 3.63) is 23.3 Å². The molecule has 1 amide bonds. The molecule has 1 unspecified atom stereocenters. The van der Waals surface area contributed by atoms with Gasteiger partial charge in [-0.2, -0.15) is 0 Å². The van der Waals surface area contributed by atoms with Gasteiger partial charge in [0.1, 0.15) is 11.9 Å². The number of methoxy groups -OCH3 is 2.